The standard InChI is InChI=1S/C35H42N2O9S/c38-32(31(21-25-9-3-1-4-10-25)36-35(39)45-33-24-44-34-30(33)19-20-42-34)22-37(46-28-13-7-8-14-28)47(40,41)29-17-15-27(16-18-29)43-23-26-11-5-2-6-12-26/h1-6,9-12,15-18,28,30-34,38H,7-8,13-14,19-24H2,(H,36,39)/t30-,31-,32-,33-,34+/m0/s1. The van der Waals surface area contributed by atoms with Gasteiger partial charge in [0.05, 0.1) is 48.8 Å². The Hall–Kier alpha value is -3.52. The number of carbonyl (C=O) groups excluding carboxylic acids is 1. The zero-order chi connectivity index (χ0) is 32.6. The van der Waals surface area contributed by atoms with Crippen LogP contribution in [0, 0.1) is 5.92 Å². The largest absolute Gasteiger partial charge is 0.489 e. The number of benzene rings is 3. The SMILES string of the molecule is O=C(N[C@@H](Cc1ccccc1)[C@@H](O)CN(OC1CCCC1)S(=O)(=O)c1ccc(OCc2ccccc2)cc1)O[C@H]1CO[C@H]2OCC[C@H]21. The number of carbonyl (C=O) groups is 1. The molecule has 2 heterocycles. The average Bonchev–Trinajstić information content (AvgIpc) is 3.85. The first-order chi connectivity index (χ1) is 22.8. The summed E-state index contributed by atoms with van der Waals surface area (Å²) in [5.41, 5.74) is 1.84. The lowest BCUT2D eigenvalue weighted by atomic mass is 10.0. The van der Waals surface area contributed by atoms with E-state index in [1.54, 1.807) is 12.1 Å². The number of hydrogen-bond acceptors (Lipinski definition) is 9. The molecule has 11 nitrogen and oxygen atoms in total. The summed E-state index contributed by atoms with van der Waals surface area (Å²) in [6.45, 7) is 0.706. The first-order valence-corrected chi connectivity index (χ1v) is 17.7. The van der Waals surface area contributed by atoms with Crippen LogP contribution in [-0.2, 0) is 42.1 Å². The van der Waals surface area contributed by atoms with E-state index >= 15 is 0 Å². The first-order valence-electron chi connectivity index (χ1n) is 16.2. The molecule has 2 N–H and O–H groups in total. The Kier molecular flexibility index (Phi) is 11.1. The van der Waals surface area contributed by atoms with Gasteiger partial charge in [0, 0.05) is 0 Å². The average molecular weight is 667 g/mol. The molecule has 3 fully saturated rings. The van der Waals surface area contributed by atoms with Crippen molar-refractivity contribution in [2.24, 2.45) is 5.92 Å². The number of aliphatic hydroxyl groups excluding tert-OH is 1. The Labute approximate surface area is 275 Å². The van der Waals surface area contributed by atoms with Crippen molar-refractivity contribution in [2.45, 2.75) is 80.7 Å². The third-order valence-electron chi connectivity index (χ3n) is 8.85. The minimum absolute atomic E-state index is 0.00342. The second kappa shape index (κ2) is 15.6. The van der Waals surface area contributed by atoms with Gasteiger partial charge in [0.2, 0.25) is 0 Å². The number of ether oxygens (including phenoxy) is 4. The molecular formula is C35H42N2O9S. The van der Waals surface area contributed by atoms with Gasteiger partial charge in [-0.2, -0.15) is 0 Å². The summed E-state index contributed by atoms with van der Waals surface area (Å²) in [6, 6.07) is 24.3. The van der Waals surface area contributed by atoms with E-state index in [4.69, 9.17) is 23.8 Å². The molecule has 0 bridgehead atoms. The fraction of sp³-hybridized carbons (Fsp3) is 0.457. The molecule has 12 heteroatoms. The summed E-state index contributed by atoms with van der Waals surface area (Å²) in [7, 11) is -4.21. The lowest BCUT2D eigenvalue weighted by molar-refractivity contribution is -0.145. The predicted octanol–water partition coefficient (Wildman–Crippen LogP) is 4.59. The highest BCUT2D eigenvalue weighted by Gasteiger charge is 2.44. The molecule has 1 aliphatic carbocycles. The molecule has 1 amide bonds. The molecule has 47 heavy (non-hydrogen) atoms. The predicted molar refractivity (Wildman–Crippen MR) is 172 cm³/mol. The Balaban J connectivity index is 1.17. The number of aliphatic hydroxyl groups is 1. The molecule has 3 aliphatic rings. The molecule has 0 radical (unpaired) electrons. The molecule has 2 saturated heterocycles. The molecule has 5 atom stereocenters. The van der Waals surface area contributed by atoms with Crippen molar-refractivity contribution in [3.05, 3.63) is 96.1 Å². The van der Waals surface area contributed by atoms with Gasteiger partial charge in [-0.1, -0.05) is 78.0 Å². The zero-order valence-electron chi connectivity index (χ0n) is 26.2. The second-order valence-corrected chi connectivity index (χ2v) is 14.1. The van der Waals surface area contributed by atoms with Gasteiger partial charge in [0.1, 0.15) is 18.5 Å². The Morgan fingerprint density at radius 1 is 0.915 bits per heavy atom. The van der Waals surface area contributed by atoms with E-state index in [9.17, 15) is 18.3 Å². The monoisotopic (exact) mass is 666 g/mol. The maximum absolute atomic E-state index is 14.0. The molecule has 1 saturated carbocycles. The van der Waals surface area contributed by atoms with Gasteiger partial charge in [0.15, 0.2) is 6.29 Å². The Morgan fingerprint density at radius 2 is 1.60 bits per heavy atom. The summed E-state index contributed by atoms with van der Waals surface area (Å²) in [6.07, 6.45) is 1.02. The van der Waals surface area contributed by atoms with Gasteiger partial charge < -0.3 is 29.4 Å². The number of hydrogen-bond donors (Lipinski definition) is 2. The van der Waals surface area contributed by atoms with Crippen LogP contribution < -0.4 is 10.1 Å². The molecular weight excluding hydrogens is 624 g/mol. The number of alkyl carbamates (subject to hydrolysis) is 1. The molecule has 0 aromatic heterocycles. The van der Waals surface area contributed by atoms with Gasteiger partial charge in [-0.3, -0.25) is 4.84 Å². The highest BCUT2D eigenvalue weighted by molar-refractivity contribution is 7.89. The van der Waals surface area contributed by atoms with Crippen LogP contribution in [0.15, 0.2) is 89.8 Å². The van der Waals surface area contributed by atoms with Crippen LogP contribution >= 0.6 is 0 Å². The highest BCUT2D eigenvalue weighted by Crippen LogP contribution is 2.33. The highest BCUT2D eigenvalue weighted by atomic mass is 32.2. The number of nitrogens with zero attached hydrogens (tertiary/aromatic N) is 1. The summed E-state index contributed by atoms with van der Waals surface area (Å²) >= 11 is 0. The van der Waals surface area contributed by atoms with Crippen LogP contribution in [0.5, 0.6) is 5.75 Å². The third kappa shape index (κ3) is 8.69. The molecule has 3 aromatic rings. The van der Waals surface area contributed by atoms with E-state index in [2.05, 4.69) is 5.32 Å². The quantitative estimate of drug-likeness (QED) is 0.237. The van der Waals surface area contributed by atoms with Crippen LogP contribution in [0.1, 0.15) is 43.2 Å². The van der Waals surface area contributed by atoms with Crippen LogP contribution in [0.2, 0.25) is 0 Å². The Morgan fingerprint density at radius 3 is 2.30 bits per heavy atom. The second-order valence-electron chi connectivity index (χ2n) is 12.2. The van der Waals surface area contributed by atoms with E-state index in [0.29, 0.717) is 31.8 Å². The number of amides is 1. The van der Waals surface area contributed by atoms with Gasteiger partial charge in [0.25, 0.3) is 10.0 Å². The third-order valence-corrected chi connectivity index (χ3v) is 10.5. The molecule has 6 rings (SSSR count). The fourth-order valence-electron chi connectivity index (χ4n) is 6.23. The van der Waals surface area contributed by atoms with Gasteiger partial charge in [-0.25, -0.2) is 13.2 Å². The summed E-state index contributed by atoms with van der Waals surface area (Å²) in [4.78, 5) is 19.2. The molecule has 0 unspecified atom stereocenters. The van der Waals surface area contributed by atoms with Crippen molar-refractivity contribution in [3.8, 4) is 5.75 Å². The maximum atomic E-state index is 14.0. The molecule has 3 aromatic carbocycles. The van der Waals surface area contributed by atoms with Gasteiger partial charge >= 0.3 is 6.09 Å². The van der Waals surface area contributed by atoms with E-state index < -0.39 is 40.9 Å². The van der Waals surface area contributed by atoms with Gasteiger partial charge in [-0.05, 0) is 61.1 Å². The van der Waals surface area contributed by atoms with Crippen molar-refractivity contribution >= 4 is 16.1 Å². The molecule has 2 aliphatic heterocycles. The van der Waals surface area contributed by atoms with Crippen LogP contribution in [0.4, 0.5) is 4.79 Å². The first kappa shape index (κ1) is 33.4. The summed E-state index contributed by atoms with van der Waals surface area (Å²) in [5, 5.41) is 14.4. The minimum atomic E-state index is -4.21. The minimum Gasteiger partial charge on any atom is -0.489 e. The van der Waals surface area contributed by atoms with E-state index in [0.717, 1.165) is 34.9 Å². The van der Waals surface area contributed by atoms with Crippen molar-refractivity contribution < 1.29 is 42.1 Å². The van der Waals surface area contributed by atoms with Crippen molar-refractivity contribution in [2.75, 3.05) is 19.8 Å². The number of hydroxylamine groups is 1. The lowest BCUT2D eigenvalue weighted by Crippen LogP contribution is -2.51. The lowest BCUT2D eigenvalue weighted by Gasteiger charge is -2.31. The number of fused-ring (bicyclic) bond motifs is 1. The van der Waals surface area contributed by atoms with Crippen molar-refractivity contribution in [1.29, 1.82) is 0 Å². The van der Waals surface area contributed by atoms with E-state index in [-0.39, 0.29) is 36.2 Å². The normalized spacial score (nSPS) is 22.6. The smallest absolute Gasteiger partial charge is 0.407 e. The topological polar surface area (TPSA) is 133 Å². The van der Waals surface area contributed by atoms with Crippen LogP contribution in [-0.4, -0.2) is 74.5 Å². The number of rotatable bonds is 14. The fourth-order valence-corrected chi connectivity index (χ4v) is 7.52. The molecule has 252 valence electrons. The van der Waals surface area contributed by atoms with E-state index in [1.165, 1.54) is 12.1 Å². The van der Waals surface area contributed by atoms with Gasteiger partial charge in [-0.15, -0.1) is 0 Å². The van der Waals surface area contributed by atoms with Crippen LogP contribution in [0.25, 0.3) is 0 Å². The van der Waals surface area contributed by atoms with Crippen molar-refractivity contribution in [3.63, 3.8) is 0 Å². The number of nitrogens with one attached hydrogen (secondary N) is 1. The van der Waals surface area contributed by atoms with Crippen LogP contribution in [0.3, 0.4) is 0 Å². The molecule has 0 spiro atoms. The summed E-state index contributed by atoms with van der Waals surface area (Å²) < 4.78 is 51.6. The summed E-state index contributed by atoms with van der Waals surface area (Å²) in [5.74, 6) is 0.471. The Bertz CT molecular complexity index is 1540. The number of sulfonamides is 1. The maximum Gasteiger partial charge on any atom is 0.407 e. The van der Waals surface area contributed by atoms with Crippen molar-refractivity contribution in [1.82, 2.24) is 9.79 Å². The van der Waals surface area contributed by atoms with E-state index in [1.807, 2.05) is 60.7 Å². The zero-order valence-corrected chi connectivity index (χ0v) is 27.0.